The second-order valence-corrected chi connectivity index (χ2v) is 6.41. The van der Waals surface area contributed by atoms with E-state index in [4.69, 9.17) is 4.74 Å². The van der Waals surface area contributed by atoms with Crippen molar-refractivity contribution in [3.8, 4) is 5.75 Å². The number of hydrogen-bond donors (Lipinski definition) is 1. The number of aliphatic hydroxyl groups is 1. The summed E-state index contributed by atoms with van der Waals surface area (Å²) in [4.78, 5) is 0. The fourth-order valence-corrected chi connectivity index (χ4v) is 3.41. The van der Waals surface area contributed by atoms with Crippen molar-refractivity contribution in [2.45, 2.75) is 20.0 Å². The Morgan fingerprint density at radius 3 is 2.35 bits per heavy atom. The summed E-state index contributed by atoms with van der Waals surface area (Å²) in [7, 11) is 0. The zero-order valence-corrected chi connectivity index (χ0v) is 14.5. The Kier molecular flexibility index (Phi) is 5.24. The van der Waals surface area contributed by atoms with Crippen LogP contribution < -0.4 is 4.74 Å². The molecule has 0 amide bonds. The lowest BCUT2D eigenvalue weighted by Crippen LogP contribution is -2.04. The quantitative estimate of drug-likeness (QED) is 0.783. The lowest BCUT2D eigenvalue weighted by atomic mass is 9.99. The van der Waals surface area contributed by atoms with Crippen LogP contribution in [0.4, 0.5) is 0 Å². The molecule has 0 aromatic heterocycles. The van der Waals surface area contributed by atoms with Crippen LogP contribution in [0.3, 0.4) is 0 Å². The molecule has 0 saturated heterocycles. The maximum absolute atomic E-state index is 10.7. The van der Waals surface area contributed by atoms with Gasteiger partial charge in [0.2, 0.25) is 0 Å². The zero-order chi connectivity index (χ0) is 14.7. The van der Waals surface area contributed by atoms with E-state index >= 15 is 0 Å². The van der Waals surface area contributed by atoms with Crippen molar-refractivity contribution in [3.63, 3.8) is 0 Å². The molecule has 0 spiro atoms. The van der Waals surface area contributed by atoms with Crippen molar-refractivity contribution < 1.29 is 9.84 Å². The molecule has 0 aliphatic rings. The van der Waals surface area contributed by atoms with Crippen molar-refractivity contribution in [2.75, 3.05) is 6.61 Å². The summed E-state index contributed by atoms with van der Waals surface area (Å²) in [6.45, 7) is 4.51. The first kappa shape index (κ1) is 15.5. The van der Waals surface area contributed by atoms with Crippen LogP contribution in [0.5, 0.6) is 5.75 Å². The van der Waals surface area contributed by atoms with E-state index in [1.165, 1.54) is 0 Å². The van der Waals surface area contributed by atoms with E-state index in [0.717, 1.165) is 31.4 Å². The molecule has 1 N–H and O–H groups in total. The summed E-state index contributed by atoms with van der Waals surface area (Å²) in [5, 5.41) is 10.7. The smallest absolute Gasteiger partial charge is 0.125 e. The van der Waals surface area contributed by atoms with Crippen LogP contribution >= 0.6 is 31.9 Å². The molecule has 0 fully saturated rings. The molecule has 0 saturated carbocycles. The predicted octanol–water partition coefficient (Wildman–Crippen LogP) is 5.00. The zero-order valence-electron chi connectivity index (χ0n) is 11.4. The second-order valence-electron chi connectivity index (χ2n) is 4.58. The maximum atomic E-state index is 10.7. The molecule has 0 aliphatic carbocycles. The van der Waals surface area contributed by atoms with Gasteiger partial charge in [-0.15, -0.1) is 0 Å². The number of aliphatic hydroxyl groups excluding tert-OH is 1. The highest BCUT2D eigenvalue weighted by Crippen LogP contribution is 2.33. The van der Waals surface area contributed by atoms with Crippen molar-refractivity contribution in [1.29, 1.82) is 0 Å². The van der Waals surface area contributed by atoms with E-state index in [9.17, 15) is 5.11 Å². The summed E-state index contributed by atoms with van der Waals surface area (Å²) >= 11 is 6.89. The average Bonchev–Trinajstić information content (AvgIpc) is 2.39. The maximum Gasteiger partial charge on any atom is 0.125 e. The number of halogens is 2. The van der Waals surface area contributed by atoms with E-state index in [1.807, 2.05) is 50.2 Å². The van der Waals surface area contributed by atoms with Gasteiger partial charge in [0, 0.05) is 14.5 Å². The van der Waals surface area contributed by atoms with Crippen molar-refractivity contribution in [2.24, 2.45) is 0 Å². The van der Waals surface area contributed by atoms with Crippen molar-refractivity contribution >= 4 is 31.9 Å². The highest BCUT2D eigenvalue weighted by atomic mass is 79.9. The van der Waals surface area contributed by atoms with E-state index in [1.54, 1.807) is 0 Å². The van der Waals surface area contributed by atoms with Crippen molar-refractivity contribution in [3.05, 3.63) is 62.0 Å². The molecule has 0 heterocycles. The molecule has 106 valence electrons. The molecule has 4 heteroatoms. The van der Waals surface area contributed by atoms with Crippen LogP contribution in [0.1, 0.15) is 29.7 Å². The van der Waals surface area contributed by atoms with Crippen LogP contribution in [0, 0.1) is 6.92 Å². The summed E-state index contributed by atoms with van der Waals surface area (Å²) in [5.74, 6) is 0.724. The Morgan fingerprint density at radius 2 is 1.75 bits per heavy atom. The van der Waals surface area contributed by atoms with E-state index in [2.05, 4.69) is 31.9 Å². The molecule has 1 unspecified atom stereocenters. The summed E-state index contributed by atoms with van der Waals surface area (Å²) in [5.41, 5.74) is 2.70. The topological polar surface area (TPSA) is 29.5 Å². The number of rotatable bonds is 4. The molecule has 0 aliphatic heterocycles. The first-order valence-electron chi connectivity index (χ1n) is 6.38. The highest BCUT2D eigenvalue weighted by molar-refractivity contribution is 9.11. The average molecular weight is 400 g/mol. The van der Waals surface area contributed by atoms with E-state index in [0.29, 0.717) is 6.61 Å². The van der Waals surface area contributed by atoms with Crippen LogP contribution in [0.15, 0.2) is 45.3 Å². The molecule has 20 heavy (non-hydrogen) atoms. The highest BCUT2D eigenvalue weighted by Gasteiger charge is 2.17. The lowest BCUT2D eigenvalue weighted by molar-refractivity contribution is 0.211. The second kappa shape index (κ2) is 6.74. The standard InChI is InChI=1S/C16H16Br2O2/c1-3-20-15-5-4-10(2)6-14(15)16(19)11-7-12(17)9-13(18)8-11/h4-9,16,19H,3H2,1-2H3. The van der Waals surface area contributed by atoms with Gasteiger partial charge in [-0.3, -0.25) is 0 Å². The molecule has 1 atom stereocenters. The molecule has 2 rings (SSSR count). The first-order valence-corrected chi connectivity index (χ1v) is 7.97. The molecule has 2 aromatic carbocycles. The molecular formula is C16H16Br2O2. The van der Waals surface area contributed by atoms with Gasteiger partial charge in [-0.25, -0.2) is 0 Å². The van der Waals surface area contributed by atoms with Gasteiger partial charge >= 0.3 is 0 Å². The third-order valence-corrected chi connectivity index (χ3v) is 3.88. The Bertz CT molecular complexity index is 591. The van der Waals surface area contributed by atoms with Gasteiger partial charge in [-0.1, -0.05) is 43.5 Å². The van der Waals surface area contributed by atoms with Gasteiger partial charge in [0.05, 0.1) is 6.61 Å². The number of benzene rings is 2. The summed E-state index contributed by atoms with van der Waals surface area (Å²) < 4.78 is 7.46. The minimum atomic E-state index is -0.717. The van der Waals surface area contributed by atoms with E-state index < -0.39 is 6.10 Å². The minimum Gasteiger partial charge on any atom is -0.493 e. The van der Waals surface area contributed by atoms with E-state index in [-0.39, 0.29) is 0 Å². The normalized spacial score (nSPS) is 12.2. The van der Waals surface area contributed by atoms with Gasteiger partial charge in [-0.2, -0.15) is 0 Å². The Morgan fingerprint density at radius 1 is 1.10 bits per heavy atom. The number of aryl methyl sites for hydroxylation is 1. The van der Waals surface area contributed by atoms with Gasteiger partial charge in [0.15, 0.2) is 0 Å². The molecular weight excluding hydrogens is 384 g/mol. The molecule has 0 radical (unpaired) electrons. The van der Waals surface area contributed by atoms with Gasteiger partial charge in [0.1, 0.15) is 11.9 Å². The third kappa shape index (κ3) is 3.62. The van der Waals surface area contributed by atoms with Crippen LogP contribution in [-0.2, 0) is 0 Å². The molecule has 2 nitrogen and oxygen atoms in total. The molecule has 0 bridgehead atoms. The minimum absolute atomic E-state index is 0.574. The Hall–Kier alpha value is -0.840. The number of ether oxygens (including phenoxy) is 1. The van der Waals surface area contributed by atoms with Crippen LogP contribution in [0.25, 0.3) is 0 Å². The third-order valence-electron chi connectivity index (χ3n) is 2.96. The summed E-state index contributed by atoms with van der Waals surface area (Å²) in [6.07, 6.45) is -0.717. The monoisotopic (exact) mass is 398 g/mol. The Balaban J connectivity index is 2.46. The van der Waals surface area contributed by atoms with Crippen LogP contribution in [-0.4, -0.2) is 11.7 Å². The number of hydrogen-bond acceptors (Lipinski definition) is 2. The van der Waals surface area contributed by atoms with Crippen molar-refractivity contribution in [1.82, 2.24) is 0 Å². The van der Waals surface area contributed by atoms with Crippen LogP contribution in [0.2, 0.25) is 0 Å². The van der Waals surface area contributed by atoms with Gasteiger partial charge in [0.25, 0.3) is 0 Å². The fourth-order valence-electron chi connectivity index (χ4n) is 2.08. The lowest BCUT2D eigenvalue weighted by Gasteiger charge is -2.17. The molecule has 2 aromatic rings. The predicted molar refractivity (Wildman–Crippen MR) is 88.3 cm³/mol. The van der Waals surface area contributed by atoms with Gasteiger partial charge < -0.3 is 9.84 Å². The SMILES string of the molecule is CCOc1ccc(C)cc1C(O)c1cc(Br)cc(Br)c1. The van der Waals surface area contributed by atoms with Gasteiger partial charge in [-0.05, 0) is 49.7 Å². The fraction of sp³-hybridized carbons (Fsp3) is 0.250. The largest absolute Gasteiger partial charge is 0.493 e. The Labute approximate surface area is 136 Å². The summed E-state index contributed by atoms with van der Waals surface area (Å²) in [6, 6.07) is 11.6. The first-order chi connectivity index (χ1) is 9.51.